The fraction of sp³-hybridized carbons (Fsp3) is 1.00. The minimum atomic E-state index is 0.148. The minimum absolute atomic E-state index is 0.148. The van der Waals surface area contributed by atoms with Crippen molar-refractivity contribution in [1.29, 1.82) is 0 Å². The topological polar surface area (TPSA) is 21.3 Å². The first-order valence-corrected chi connectivity index (χ1v) is 6.45. The predicted octanol–water partition coefficient (Wildman–Crippen LogP) is 2.72. The third-order valence-corrected chi connectivity index (χ3v) is 4.16. The van der Waals surface area contributed by atoms with Gasteiger partial charge in [0, 0.05) is 12.6 Å². The molecule has 0 radical (unpaired) electrons. The standard InChI is InChI=1S/C13H25NO/c1-4-11-13(15-9-8-14-11)7-5-6-12(2,3)10-13/h11,14H,4-10H2,1-3H3. The summed E-state index contributed by atoms with van der Waals surface area (Å²) in [6.07, 6.45) is 6.35. The van der Waals surface area contributed by atoms with Gasteiger partial charge in [0.2, 0.25) is 0 Å². The Morgan fingerprint density at radius 1 is 1.33 bits per heavy atom. The number of rotatable bonds is 1. The molecule has 1 aliphatic carbocycles. The van der Waals surface area contributed by atoms with Crippen molar-refractivity contribution in [2.45, 2.75) is 64.5 Å². The molecule has 0 bridgehead atoms. The molecule has 0 amide bonds. The summed E-state index contributed by atoms with van der Waals surface area (Å²) in [5.41, 5.74) is 0.611. The highest BCUT2D eigenvalue weighted by Crippen LogP contribution is 2.45. The first-order valence-electron chi connectivity index (χ1n) is 6.45. The summed E-state index contributed by atoms with van der Waals surface area (Å²) >= 11 is 0. The average molecular weight is 211 g/mol. The molecule has 0 aromatic rings. The summed E-state index contributed by atoms with van der Waals surface area (Å²) in [6, 6.07) is 0.575. The van der Waals surface area contributed by atoms with Gasteiger partial charge in [-0.05, 0) is 37.5 Å². The zero-order valence-electron chi connectivity index (χ0n) is 10.4. The molecule has 2 heteroatoms. The quantitative estimate of drug-likeness (QED) is 0.720. The minimum Gasteiger partial charge on any atom is -0.372 e. The highest BCUT2D eigenvalue weighted by atomic mass is 16.5. The SMILES string of the molecule is CCC1NCCOC12CCCC(C)(C)C2. The molecule has 2 fully saturated rings. The number of morpholine rings is 1. The lowest BCUT2D eigenvalue weighted by atomic mass is 9.66. The number of nitrogens with one attached hydrogen (secondary N) is 1. The van der Waals surface area contributed by atoms with Crippen molar-refractivity contribution in [3.8, 4) is 0 Å². The van der Waals surface area contributed by atoms with Crippen LogP contribution in [0.15, 0.2) is 0 Å². The van der Waals surface area contributed by atoms with E-state index in [0.29, 0.717) is 11.5 Å². The molecule has 2 aliphatic rings. The van der Waals surface area contributed by atoms with E-state index in [0.717, 1.165) is 13.2 Å². The van der Waals surface area contributed by atoms with Crippen LogP contribution in [-0.4, -0.2) is 24.8 Å². The lowest BCUT2D eigenvalue weighted by Crippen LogP contribution is -2.60. The van der Waals surface area contributed by atoms with Crippen molar-refractivity contribution in [2.24, 2.45) is 5.41 Å². The Morgan fingerprint density at radius 3 is 2.80 bits per heavy atom. The second-order valence-corrected chi connectivity index (χ2v) is 6.02. The highest BCUT2D eigenvalue weighted by molar-refractivity contribution is 5.01. The van der Waals surface area contributed by atoms with Gasteiger partial charge in [-0.15, -0.1) is 0 Å². The van der Waals surface area contributed by atoms with E-state index in [4.69, 9.17) is 4.74 Å². The first-order chi connectivity index (χ1) is 7.08. The van der Waals surface area contributed by atoms with E-state index in [1.165, 1.54) is 32.1 Å². The molecule has 2 unspecified atom stereocenters. The Kier molecular flexibility index (Phi) is 3.09. The van der Waals surface area contributed by atoms with E-state index in [9.17, 15) is 0 Å². The van der Waals surface area contributed by atoms with Crippen LogP contribution in [0.4, 0.5) is 0 Å². The van der Waals surface area contributed by atoms with E-state index < -0.39 is 0 Å². The molecule has 0 aromatic heterocycles. The summed E-state index contributed by atoms with van der Waals surface area (Å²) in [5, 5.41) is 3.64. The fourth-order valence-electron chi connectivity index (χ4n) is 3.56. The molecule has 15 heavy (non-hydrogen) atoms. The molecule has 2 atom stereocenters. The van der Waals surface area contributed by atoms with Crippen LogP contribution >= 0.6 is 0 Å². The smallest absolute Gasteiger partial charge is 0.0840 e. The zero-order chi connectivity index (χ0) is 10.9. The number of hydrogen-bond donors (Lipinski definition) is 1. The van der Waals surface area contributed by atoms with Gasteiger partial charge in [-0.1, -0.05) is 20.8 Å². The van der Waals surface area contributed by atoms with Gasteiger partial charge in [-0.2, -0.15) is 0 Å². The van der Waals surface area contributed by atoms with Crippen LogP contribution in [0.5, 0.6) is 0 Å². The Labute approximate surface area is 93.8 Å². The van der Waals surface area contributed by atoms with Gasteiger partial charge < -0.3 is 10.1 Å². The van der Waals surface area contributed by atoms with Gasteiger partial charge in [-0.3, -0.25) is 0 Å². The first kappa shape index (κ1) is 11.4. The third-order valence-electron chi connectivity index (χ3n) is 4.16. The third kappa shape index (κ3) is 2.21. The van der Waals surface area contributed by atoms with Gasteiger partial charge in [-0.25, -0.2) is 0 Å². The van der Waals surface area contributed by atoms with Crippen molar-refractivity contribution in [3.63, 3.8) is 0 Å². The maximum atomic E-state index is 6.18. The van der Waals surface area contributed by atoms with Gasteiger partial charge >= 0.3 is 0 Å². The molecule has 88 valence electrons. The summed E-state index contributed by atoms with van der Waals surface area (Å²) in [5.74, 6) is 0. The summed E-state index contributed by atoms with van der Waals surface area (Å²) < 4.78 is 6.18. The van der Waals surface area contributed by atoms with Gasteiger partial charge in [0.15, 0.2) is 0 Å². The van der Waals surface area contributed by atoms with Gasteiger partial charge in [0.25, 0.3) is 0 Å². The lowest BCUT2D eigenvalue weighted by molar-refractivity contribution is -0.140. The molecular weight excluding hydrogens is 186 g/mol. The average Bonchev–Trinajstić information content (AvgIpc) is 2.16. The van der Waals surface area contributed by atoms with Crippen molar-refractivity contribution in [3.05, 3.63) is 0 Å². The molecule has 0 aromatic carbocycles. The van der Waals surface area contributed by atoms with Crippen LogP contribution in [0.1, 0.15) is 52.9 Å². The molecule has 1 saturated carbocycles. The van der Waals surface area contributed by atoms with E-state index >= 15 is 0 Å². The molecule has 2 nitrogen and oxygen atoms in total. The molecule has 1 spiro atoms. The van der Waals surface area contributed by atoms with Crippen LogP contribution in [0.3, 0.4) is 0 Å². The van der Waals surface area contributed by atoms with Crippen molar-refractivity contribution in [1.82, 2.24) is 5.32 Å². The number of hydrogen-bond acceptors (Lipinski definition) is 2. The van der Waals surface area contributed by atoms with Gasteiger partial charge in [0.05, 0.1) is 12.2 Å². The lowest BCUT2D eigenvalue weighted by Gasteiger charge is -2.51. The van der Waals surface area contributed by atoms with Crippen molar-refractivity contribution >= 4 is 0 Å². The Balaban J connectivity index is 2.14. The fourth-order valence-corrected chi connectivity index (χ4v) is 3.56. The second-order valence-electron chi connectivity index (χ2n) is 6.02. The normalized spacial score (nSPS) is 40.6. The Morgan fingerprint density at radius 2 is 2.13 bits per heavy atom. The van der Waals surface area contributed by atoms with E-state index in [1.807, 2.05) is 0 Å². The molecular formula is C13H25NO. The largest absolute Gasteiger partial charge is 0.372 e. The number of ether oxygens (including phenoxy) is 1. The van der Waals surface area contributed by atoms with Crippen LogP contribution in [-0.2, 0) is 4.74 Å². The Hall–Kier alpha value is -0.0800. The maximum absolute atomic E-state index is 6.18. The molecule has 2 rings (SSSR count). The summed E-state index contributed by atoms with van der Waals surface area (Å²) in [6.45, 7) is 8.97. The monoisotopic (exact) mass is 211 g/mol. The zero-order valence-corrected chi connectivity index (χ0v) is 10.4. The summed E-state index contributed by atoms with van der Waals surface area (Å²) in [4.78, 5) is 0. The highest BCUT2D eigenvalue weighted by Gasteiger charge is 2.46. The van der Waals surface area contributed by atoms with E-state index in [2.05, 4.69) is 26.1 Å². The maximum Gasteiger partial charge on any atom is 0.0840 e. The molecule has 1 N–H and O–H groups in total. The van der Waals surface area contributed by atoms with E-state index in [-0.39, 0.29) is 5.60 Å². The summed E-state index contributed by atoms with van der Waals surface area (Å²) in [7, 11) is 0. The van der Waals surface area contributed by atoms with E-state index in [1.54, 1.807) is 0 Å². The van der Waals surface area contributed by atoms with Crippen LogP contribution < -0.4 is 5.32 Å². The van der Waals surface area contributed by atoms with Crippen molar-refractivity contribution in [2.75, 3.05) is 13.2 Å². The Bertz CT molecular complexity index is 223. The second kappa shape index (κ2) is 4.06. The molecule has 1 aliphatic heterocycles. The predicted molar refractivity (Wildman–Crippen MR) is 63.0 cm³/mol. The molecule has 1 saturated heterocycles. The van der Waals surface area contributed by atoms with Crippen LogP contribution in [0.2, 0.25) is 0 Å². The van der Waals surface area contributed by atoms with Crippen LogP contribution in [0, 0.1) is 5.41 Å². The molecule has 1 heterocycles. The van der Waals surface area contributed by atoms with Gasteiger partial charge in [0.1, 0.15) is 0 Å². The van der Waals surface area contributed by atoms with Crippen LogP contribution in [0.25, 0.3) is 0 Å². The van der Waals surface area contributed by atoms with Crippen molar-refractivity contribution < 1.29 is 4.74 Å².